The SMILES string of the molecule is CCCCSCC(N)c1ccc2c(c1)Cc1ccccc1-2. The molecule has 2 heteroatoms. The van der Waals surface area contributed by atoms with Gasteiger partial charge < -0.3 is 5.73 Å². The molecule has 0 amide bonds. The molecule has 1 unspecified atom stereocenters. The van der Waals surface area contributed by atoms with Crippen molar-refractivity contribution in [1.82, 2.24) is 0 Å². The number of nitrogens with two attached hydrogens (primary N) is 1. The summed E-state index contributed by atoms with van der Waals surface area (Å²) in [6, 6.07) is 15.6. The highest BCUT2D eigenvalue weighted by atomic mass is 32.2. The molecule has 21 heavy (non-hydrogen) atoms. The second kappa shape index (κ2) is 6.67. The predicted octanol–water partition coefficient (Wildman–Crippen LogP) is 4.79. The highest BCUT2D eigenvalue weighted by molar-refractivity contribution is 7.99. The van der Waals surface area contributed by atoms with E-state index in [0.717, 1.165) is 12.2 Å². The summed E-state index contributed by atoms with van der Waals surface area (Å²) in [5, 5.41) is 0. The van der Waals surface area contributed by atoms with Crippen LogP contribution in [-0.2, 0) is 6.42 Å². The first kappa shape index (κ1) is 14.7. The highest BCUT2D eigenvalue weighted by Gasteiger charge is 2.19. The normalized spacial score (nSPS) is 13.8. The van der Waals surface area contributed by atoms with Crippen molar-refractivity contribution in [3.8, 4) is 11.1 Å². The van der Waals surface area contributed by atoms with Crippen molar-refractivity contribution < 1.29 is 0 Å². The molecule has 0 aliphatic heterocycles. The molecule has 1 nitrogen and oxygen atoms in total. The Morgan fingerprint density at radius 3 is 2.76 bits per heavy atom. The van der Waals surface area contributed by atoms with Gasteiger partial charge in [-0.25, -0.2) is 0 Å². The molecule has 0 heterocycles. The van der Waals surface area contributed by atoms with E-state index in [0.29, 0.717) is 0 Å². The highest BCUT2D eigenvalue weighted by Crippen LogP contribution is 2.37. The quantitative estimate of drug-likeness (QED) is 0.662. The van der Waals surface area contributed by atoms with Gasteiger partial charge >= 0.3 is 0 Å². The van der Waals surface area contributed by atoms with Gasteiger partial charge in [-0.2, -0.15) is 11.8 Å². The molecule has 1 atom stereocenters. The van der Waals surface area contributed by atoms with E-state index < -0.39 is 0 Å². The molecular weight excluding hydrogens is 274 g/mol. The molecular formula is C19H23NS. The molecule has 0 radical (unpaired) electrons. The first-order chi connectivity index (χ1) is 10.3. The van der Waals surface area contributed by atoms with E-state index in [2.05, 4.69) is 49.4 Å². The molecule has 0 saturated carbocycles. The van der Waals surface area contributed by atoms with Crippen molar-refractivity contribution in [3.05, 3.63) is 59.2 Å². The number of thioether (sulfide) groups is 1. The first-order valence-corrected chi connectivity index (χ1v) is 8.99. The van der Waals surface area contributed by atoms with E-state index in [9.17, 15) is 0 Å². The average molecular weight is 297 g/mol. The molecule has 110 valence electrons. The van der Waals surface area contributed by atoms with Crippen LogP contribution in [0.3, 0.4) is 0 Å². The van der Waals surface area contributed by atoms with E-state index in [1.165, 1.54) is 46.4 Å². The third kappa shape index (κ3) is 3.17. The summed E-state index contributed by atoms with van der Waals surface area (Å²) in [4.78, 5) is 0. The Bertz CT molecular complexity index is 621. The molecule has 3 rings (SSSR count). The van der Waals surface area contributed by atoms with E-state index in [1.54, 1.807) is 0 Å². The lowest BCUT2D eigenvalue weighted by Crippen LogP contribution is -2.13. The average Bonchev–Trinajstić information content (AvgIpc) is 2.89. The van der Waals surface area contributed by atoms with Crippen molar-refractivity contribution in [3.63, 3.8) is 0 Å². The van der Waals surface area contributed by atoms with Crippen molar-refractivity contribution in [2.75, 3.05) is 11.5 Å². The third-order valence-electron chi connectivity index (χ3n) is 4.19. The Kier molecular flexibility index (Phi) is 4.67. The van der Waals surface area contributed by atoms with E-state index in [4.69, 9.17) is 5.73 Å². The van der Waals surface area contributed by atoms with Gasteiger partial charge in [-0.15, -0.1) is 0 Å². The van der Waals surface area contributed by atoms with Crippen molar-refractivity contribution in [1.29, 1.82) is 0 Å². The molecule has 2 N–H and O–H groups in total. The van der Waals surface area contributed by atoms with Crippen LogP contribution < -0.4 is 5.73 Å². The lowest BCUT2D eigenvalue weighted by molar-refractivity contribution is 0.825. The van der Waals surface area contributed by atoms with Crippen LogP contribution in [0.15, 0.2) is 42.5 Å². The Morgan fingerprint density at radius 1 is 1.10 bits per heavy atom. The standard InChI is InChI=1S/C19H23NS/c1-2-3-10-21-13-19(20)15-8-9-18-16(12-15)11-14-6-4-5-7-17(14)18/h4-9,12,19H,2-3,10-11,13,20H2,1H3. The van der Waals surface area contributed by atoms with Crippen molar-refractivity contribution >= 4 is 11.8 Å². The smallest absolute Gasteiger partial charge is 0.0386 e. The molecule has 0 bridgehead atoms. The number of unbranched alkanes of at least 4 members (excludes halogenated alkanes) is 1. The van der Waals surface area contributed by atoms with Crippen LogP contribution in [0.5, 0.6) is 0 Å². The third-order valence-corrected chi connectivity index (χ3v) is 5.36. The zero-order valence-corrected chi connectivity index (χ0v) is 13.5. The summed E-state index contributed by atoms with van der Waals surface area (Å²) in [5.74, 6) is 2.24. The zero-order valence-electron chi connectivity index (χ0n) is 12.6. The van der Waals surface area contributed by atoms with Gasteiger partial charge in [0.15, 0.2) is 0 Å². The first-order valence-electron chi connectivity index (χ1n) is 7.84. The fourth-order valence-electron chi connectivity index (χ4n) is 2.95. The van der Waals surface area contributed by atoms with Crippen LogP contribution in [0.1, 0.15) is 42.5 Å². The number of rotatable bonds is 6. The fraction of sp³-hybridized carbons (Fsp3) is 0.368. The summed E-state index contributed by atoms with van der Waals surface area (Å²) < 4.78 is 0. The van der Waals surface area contributed by atoms with Crippen molar-refractivity contribution in [2.24, 2.45) is 5.73 Å². The molecule has 2 aromatic rings. The fourth-order valence-corrected chi connectivity index (χ4v) is 4.05. The minimum Gasteiger partial charge on any atom is -0.323 e. The minimum absolute atomic E-state index is 0.154. The summed E-state index contributed by atoms with van der Waals surface area (Å²) >= 11 is 1.98. The van der Waals surface area contributed by atoms with E-state index in [1.807, 2.05) is 11.8 Å². The number of benzene rings is 2. The Labute approximate surface area is 132 Å². The van der Waals surface area contributed by atoms with Gasteiger partial charge in [0, 0.05) is 11.8 Å². The van der Waals surface area contributed by atoms with Gasteiger partial charge in [-0.3, -0.25) is 0 Å². The van der Waals surface area contributed by atoms with Gasteiger partial charge in [-0.05, 0) is 46.4 Å². The lowest BCUT2D eigenvalue weighted by Gasteiger charge is -2.13. The molecule has 0 saturated heterocycles. The second-order valence-corrected chi connectivity index (χ2v) is 6.94. The van der Waals surface area contributed by atoms with Gasteiger partial charge in [0.25, 0.3) is 0 Å². The number of hydrogen-bond acceptors (Lipinski definition) is 2. The summed E-state index contributed by atoms with van der Waals surface area (Å²) in [5.41, 5.74) is 13.3. The molecule has 0 fully saturated rings. The largest absolute Gasteiger partial charge is 0.323 e. The van der Waals surface area contributed by atoms with Crippen LogP contribution in [-0.4, -0.2) is 11.5 Å². The topological polar surface area (TPSA) is 26.0 Å². The summed E-state index contributed by atoms with van der Waals surface area (Å²) in [7, 11) is 0. The van der Waals surface area contributed by atoms with Crippen LogP contribution in [0.2, 0.25) is 0 Å². The summed E-state index contributed by atoms with van der Waals surface area (Å²) in [6.07, 6.45) is 3.60. The Morgan fingerprint density at radius 2 is 1.90 bits per heavy atom. The van der Waals surface area contributed by atoms with Crippen LogP contribution in [0.4, 0.5) is 0 Å². The molecule has 1 aliphatic rings. The van der Waals surface area contributed by atoms with Gasteiger partial charge in [0.1, 0.15) is 0 Å². The molecule has 2 aromatic carbocycles. The monoisotopic (exact) mass is 297 g/mol. The predicted molar refractivity (Wildman–Crippen MR) is 93.8 cm³/mol. The Hall–Kier alpha value is -1.25. The van der Waals surface area contributed by atoms with E-state index >= 15 is 0 Å². The van der Waals surface area contributed by atoms with Crippen LogP contribution >= 0.6 is 11.8 Å². The summed E-state index contributed by atoms with van der Waals surface area (Å²) in [6.45, 7) is 2.23. The number of fused-ring (bicyclic) bond motifs is 3. The number of hydrogen-bond donors (Lipinski definition) is 1. The molecule has 1 aliphatic carbocycles. The maximum absolute atomic E-state index is 6.36. The van der Waals surface area contributed by atoms with E-state index in [-0.39, 0.29) is 6.04 Å². The lowest BCUT2D eigenvalue weighted by atomic mass is 10.0. The van der Waals surface area contributed by atoms with Gasteiger partial charge in [-0.1, -0.05) is 55.8 Å². The molecule has 0 spiro atoms. The Balaban J connectivity index is 1.71. The maximum atomic E-state index is 6.36. The maximum Gasteiger partial charge on any atom is 0.0386 e. The second-order valence-electron chi connectivity index (χ2n) is 5.79. The van der Waals surface area contributed by atoms with Crippen LogP contribution in [0, 0.1) is 0 Å². The molecule has 0 aromatic heterocycles. The van der Waals surface area contributed by atoms with Gasteiger partial charge in [0.05, 0.1) is 0 Å². The van der Waals surface area contributed by atoms with Crippen LogP contribution in [0.25, 0.3) is 11.1 Å². The minimum atomic E-state index is 0.154. The van der Waals surface area contributed by atoms with Gasteiger partial charge in [0.2, 0.25) is 0 Å². The van der Waals surface area contributed by atoms with Crippen molar-refractivity contribution in [2.45, 2.75) is 32.2 Å². The zero-order chi connectivity index (χ0) is 14.7.